The average Bonchev–Trinajstić information content (AvgIpc) is 3.51. The summed E-state index contributed by atoms with van der Waals surface area (Å²) in [5.74, 6) is 0.479. The van der Waals surface area contributed by atoms with Crippen molar-refractivity contribution in [3.05, 3.63) is 46.0 Å². The Morgan fingerprint density at radius 2 is 1.81 bits per heavy atom. The quantitative estimate of drug-likeness (QED) is 0.296. The molecular formula is C27H35N9O6S. The molecule has 43 heavy (non-hydrogen) atoms. The summed E-state index contributed by atoms with van der Waals surface area (Å²) in [6, 6.07) is 3.58. The van der Waals surface area contributed by atoms with Crippen molar-refractivity contribution in [2.45, 2.75) is 45.6 Å². The highest BCUT2D eigenvalue weighted by molar-refractivity contribution is 7.87. The minimum absolute atomic E-state index is 0.0231. The highest BCUT2D eigenvalue weighted by atomic mass is 32.2. The van der Waals surface area contributed by atoms with E-state index < -0.39 is 16.3 Å². The maximum Gasteiger partial charge on any atom is 0.421 e. The van der Waals surface area contributed by atoms with Crippen LogP contribution < -0.4 is 26.2 Å². The van der Waals surface area contributed by atoms with Crippen molar-refractivity contribution in [3.63, 3.8) is 0 Å². The molecule has 5 rings (SSSR count). The van der Waals surface area contributed by atoms with Crippen LogP contribution in [0, 0.1) is 6.92 Å². The number of amides is 1. The Kier molecular flexibility index (Phi) is 8.89. The second-order valence-corrected chi connectivity index (χ2v) is 12.2. The van der Waals surface area contributed by atoms with Crippen LogP contribution in [0.3, 0.4) is 0 Å². The van der Waals surface area contributed by atoms with E-state index in [0.29, 0.717) is 35.5 Å². The van der Waals surface area contributed by atoms with Gasteiger partial charge in [0.15, 0.2) is 5.78 Å². The van der Waals surface area contributed by atoms with Gasteiger partial charge in [0, 0.05) is 50.3 Å². The zero-order valence-corrected chi connectivity index (χ0v) is 24.9. The van der Waals surface area contributed by atoms with Crippen molar-refractivity contribution < 1.29 is 22.7 Å². The summed E-state index contributed by atoms with van der Waals surface area (Å²) in [5.41, 5.74) is 6.99. The van der Waals surface area contributed by atoms with Crippen molar-refractivity contribution in [3.8, 4) is 0 Å². The van der Waals surface area contributed by atoms with Gasteiger partial charge in [-0.2, -0.15) is 17.7 Å². The maximum atomic E-state index is 13.4. The Morgan fingerprint density at radius 1 is 1.09 bits per heavy atom. The standard InChI is InChI=1S/C27H35N9O6S/c1-17-21-16-30-26(32-24(21)36(19-5-3-4-6-19)25(38)23(17)18(2)37)31-22-8-7-20(15-29-22)34-10-12-35(13-11-34)43(40,41)33-27(39)42-14-9-28/h7-8,15-16,19H,3-6,9-14,28H2,1-2H3,(H,33,39)(H,29,30,31,32). The molecule has 16 heteroatoms. The summed E-state index contributed by atoms with van der Waals surface area (Å²) in [6.45, 7) is 4.28. The van der Waals surface area contributed by atoms with E-state index in [9.17, 15) is 22.8 Å². The third-order valence-electron chi connectivity index (χ3n) is 7.75. The monoisotopic (exact) mass is 613 g/mol. The van der Waals surface area contributed by atoms with Gasteiger partial charge < -0.3 is 20.7 Å². The van der Waals surface area contributed by atoms with E-state index in [-0.39, 0.29) is 55.1 Å². The minimum Gasteiger partial charge on any atom is -0.447 e. The second-order valence-electron chi connectivity index (χ2n) is 10.5. The van der Waals surface area contributed by atoms with Gasteiger partial charge in [-0.25, -0.2) is 19.5 Å². The molecule has 3 aromatic rings. The Hall–Kier alpha value is -4.15. The van der Waals surface area contributed by atoms with Gasteiger partial charge in [-0.1, -0.05) is 12.8 Å². The smallest absolute Gasteiger partial charge is 0.421 e. The Balaban J connectivity index is 1.29. The number of fused-ring (bicyclic) bond motifs is 1. The van der Waals surface area contributed by atoms with Gasteiger partial charge in [0.05, 0.1) is 17.4 Å². The van der Waals surface area contributed by atoms with Crippen LogP contribution in [0.4, 0.5) is 22.2 Å². The van der Waals surface area contributed by atoms with Crippen LogP contribution in [-0.4, -0.2) is 83.4 Å². The lowest BCUT2D eigenvalue weighted by Crippen LogP contribution is -2.53. The van der Waals surface area contributed by atoms with E-state index in [1.54, 1.807) is 30.0 Å². The molecule has 4 N–H and O–H groups in total. The lowest BCUT2D eigenvalue weighted by Gasteiger charge is -2.34. The number of hydrogen-bond acceptors (Lipinski definition) is 12. The van der Waals surface area contributed by atoms with Crippen molar-refractivity contribution in [2.24, 2.45) is 5.73 Å². The summed E-state index contributed by atoms with van der Waals surface area (Å²) < 4.78 is 34.4. The number of hydrogen-bond donors (Lipinski definition) is 3. The number of nitrogens with zero attached hydrogens (tertiary/aromatic N) is 6. The molecule has 0 atom stereocenters. The van der Waals surface area contributed by atoms with E-state index in [1.165, 1.54) is 11.2 Å². The number of anilines is 3. The van der Waals surface area contributed by atoms with Crippen LogP contribution in [-0.2, 0) is 14.9 Å². The molecule has 1 saturated heterocycles. The zero-order valence-electron chi connectivity index (χ0n) is 24.1. The Bertz CT molecular complexity index is 1680. The number of nitrogens with one attached hydrogen (secondary N) is 2. The number of carbonyl (C=O) groups excluding carboxylic acids is 2. The number of nitrogens with two attached hydrogens (primary N) is 1. The molecule has 230 valence electrons. The first-order valence-corrected chi connectivity index (χ1v) is 15.6. The topological polar surface area (TPSA) is 195 Å². The van der Waals surface area contributed by atoms with Gasteiger partial charge >= 0.3 is 16.3 Å². The van der Waals surface area contributed by atoms with Crippen LogP contribution in [0.5, 0.6) is 0 Å². The number of rotatable bonds is 9. The second kappa shape index (κ2) is 12.6. The number of ketones is 1. The van der Waals surface area contributed by atoms with Crippen LogP contribution >= 0.6 is 0 Å². The molecule has 0 aromatic carbocycles. The molecule has 15 nitrogen and oxygen atoms in total. The number of aryl methyl sites for hydroxylation is 1. The van der Waals surface area contributed by atoms with Crippen LogP contribution in [0.25, 0.3) is 11.0 Å². The first-order valence-electron chi connectivity index (χ1n) is 14.1. The molecule has 0 unspecified atom stereocenters. The molecular weight excluding hydrogens is 578 g/mol. The number of ether oxygens (including phenoxy) is 1. The molecule has 2 fully saturated rings. The number of Topliss-reactive ketones (excluding diaryl/α,β-unsaturated/α-hetero) is 1. The predicted molar refractivity (Wildman–Crippen MR) is 160 cm³/mol. The van der Waals surface area contributed by atoms with Gasteiger partial charge in [0.1, 0.15) is 18.1 Å². The average molecular weight is 614 g/mol. The van der Waals surface area contributed by atoms with Crippen LogP contribution in [0.15, 0.2) is 29.3 Å². The molecule has 2 aliphatic rings. The van der Waals surface area contributed by atoms with Gasteiger partial charge in [-0.15, -0.1) is 0 Å². The number of piperazine rings is 1. The normalized spacial score (nSPS) is 16.4. The van der Waals surface area contributed by atoms with E-state index >= 15 is 0 Å². The van der Waals surface area contributed by atoms with Gasteiger partial charge in [-0.05, 0) is 44.4 Å². The fraction of sp³-hybridized carbons (Fsp3) is 0.481. The van der Waals surface area contributed by atoms with Crippen molar-refractivity contribution in [1.82, 2.24) is 28.5 Å². The van der Waals surface area contributed by atoms with E-state index in [1.807, 2.05) is 15.7 Å². The summed E-state index contributed by atoms with van der Waals surface area (Å²) in [7, 11) is -4.03. The summed E-state index contributed by atoms with van der Waals surface area (Å²) in [5, 5.41) is 3.76. The number of aromatic nitrogens is 4. The van der Waals surface area contributed by atoms with Gasteiger partial charge in [0.2, 0.25) is 5.95 Å². The van der Waals surface area contributed by atoms with Gasteiger partial charge in [-0.3, -0.25) is 14.2 Å². The molecule has 4 heterocycles. The fourth-order valence-electron chi connectivity index (χ4n) is 5.61. The number of pyridine rings is 2. The third kappa shape index (κ3) is 6.45. The highest BCUT2D eigenvalue weighted by Gasteiger charge is 2.29. The SMILES string of the molecule is CC(=O)c1c(C)c2cnc(Nc3ccc(N4CCN(S(=O)(=O)NC(=O)OCCN)CC4)cn3)nc2n(C2CCCC2)c1=O. The Morgan fingerprint density at radius 3 is 2.44 bits per heavy atom. The first kappa shape index (κ1) is 30.3. The maximum absolute atomic E-state index is 13.4. The van der Waals surface area contributed by atoms with E-state index in [4.69, 9.17) is 10.5 Å². The molecule has 1 aliphatic carbocycles. The predicted octanol–water partition coefficient (Wildman–Crippen LogP) is 1.61. The Labute approximate surface area is 248 Å². The molecule has 1 aliphatic heterocycles. The van der Waals surface area contributed by atoms with Crippen LogP contribution in [0.2, 0.25) is 0 Å². The summed E-state index contributed by atoms with van der Waals surface area (Å²) >= 11 is 0. The molecule has 0 bridgehead atoms. The lowest BCUT2D eigenvalue weighted by molar-refractivity contribution is 0.101. The minimum atomic E-state index is -4.03. The van der Waals surface area contributed by atoms with Crippen LogP contribution in [0.1, 0.15) is 54.6 Å². The molecule has 1 saturated carbocycles. The zero-order chi connectivity index (χ0) is 30.7. The molecule has 0 spiro atoms. The first-order chi connectivity index (χ1) is 20.6. The fourth-order valence-corrected chi connectivity index (χ4v) is 6.65. The molecule has 1 amide bonds. The van der Waals surface area contributed by atoms with Crippen molar-refractivity contribution in [2.75, 3.05) is 49.5 Å². The lowest BCUT2D eigenvalue weighted by atomic mass is 10.0. The summed E-state index contributed by atoms with van der Waals surface area (Å²) in [6.07, 6.45) is 5.96. The molecule has 3 aromatic heterocycles. The largest absolute Gasteiger partial charge is 0.447 e. The highest BCUT2D eigenvalue weighted by Crippen LogP contribution is 2.32. The van der Waals surface area contributed by atoms with E-state index in [2.05, 4.69) is 20.3 Å². The molecule has 0 radical (unpaired) electrons. The van der Waals surface area contributed by atoms with Crippen molar-refractivity contribution in [1.29, 1.82) is 0 Å². The van der Waals surface area contributed by atoms with E-state index in [0.717, 1.165) is 31.4 Å². The van der Waals surface area contributed by atoms with Gasteiger partial charge in [0.25, 0.3) is 5.56 Å². The van der Waals surface area contributed by atoms with Crippen molar-refractivity contribution >= 4 is 50.6 Å². The summed E-state index contributed by atoms with van der Waals surface area (Å²) in [4.78, 5) is 53.0. The third-order valence-corrected chi connectivity index (χ3v) is 9.21. The number of carbonyl (C=O) groups is 2.